The van der Waals surface area contributed by atoms with Gasteiger partial charge < -0.3 is 20.2 Å². The van der Waals surface area contributed by atoms with Crippen molar-refractivity contribution in [3.8, 4) is 11.3 Å². The number of hydrogen-bond acceptors (Lipinski definition) is 8. The van der Waals surface area contributed by atoms with E-state index in [0.29, 0.717) is 22.7 Å². The summed E-state index contributed by atoms with van der Waals surface area (Å²) in [7, 11) is 0. The number of benzene rings is 1. The number of esters is 1. The highest BCUT2D eigenvalue weighted by atomic mass is 16.6. The Balaban J connectivity index is 1.50. The van der Waals surface area contributed by atoms with Gasteiger partial charge in [0.05, 0.1) is 41.9 Å². The van der Waals surface area contributed by atoms with Gasteiger partial charge in [0.1, 0.15) is 5.56 Å². The van der Waals surface area contributed by atoms with Gasteiger partial charge in [-0.2, -0.15) is 9.78 Å². The van der Waals surface area contributed by atoms with Crippen LogP contribution in [0.15, 0.2) is 48.8 Å². The average molecular weight is 463 g/mol. The van der Waals surface area contributed by atoms with E-state index in [4.69, 9.17) is 4.74 Å². The van der Waals surface area contributed by atoms with Crippen molar-refractivity contribution < 1.29 is 19.2 Å². The van der Waals surface area contributed by atoms with Crippen LogP contribution in [-0.2, 0) is 16.1 Å². The highest BCUT2D eigenvalue weighted by molar-refractivity contribution is 5.96. The second-order valence-corrected chi connectivity index (χ2v) is 7.35. The van der Waals surface area contributed by atoms with Crippen LogP contribution in [0, 0.1) is 17.0 Å². The van der Waals surface area contributed by atoms with Gasteiger partial charge in [-0.1, -0.05) is 12.1 Å². The van der Waals surface area contributed by atoms with E-state index in [-0.39, 0.29) is 36.9 Å². The maximum absolute atomic E-state index is 12.5. The molecule has 3 aromatic heterocycles. The second-order valence-electron chi connectivity index (χ2n) is 7.35. The second kappa shape index (κ2) is 9.48. The molecule has 4 rings (SSSR count). The lowest BCUT2D eigenvalue weighted by atomic mass is 10.1. The average Bonchev–Trinajstić information content (AvgIpc) is 3.41. The Morgan fingerprint density at radius 2 is 2.06 bits per heavy atom. The van der Waals surface area contributed by atoms with Crippen molar-refractivity contribution in [3.05, 3.63) is 70.2 Å². The fourth-order valence-corrected chi connectivity index (χ4v) is 3.46. The summed E-state index contributed by atoms with van der Waals surface area (Å²) in [5.41, 5.74) is 3.23. The van der Waals surface area contributed by atoms with Gasteiger partial charge in [0.25, 0.3) is 0 Å². The number of rotatable bonds is 8. The quantitative estimate of drug-likeness (QED) is 0.238. The van der Waals surface area contributed by atoms with Crippen molar-refractivity contribution in [3.63, 3.8) is 0 Å². The van der Waals surface area contributed by atoms with Crippen molar-refractivity contribution in [2.45, 2.75) is 26.8 Å². The molecule has 0 atom stereocenters. The molecule has 12 nitrogen and oxygen atoms in total. The third-order valence-corrected chi connectivity index (χ3v) is 5.04. The largest absolute Gasteiger partial charge is 0.462 e. The minimum absolute atomic E-state index is 0.0888. The molecule has 0 aliphatic carbocycles. The SMILES string of the molecule is CCOC(=O)c1cnn2c(-c3cccc(NC(=O)CCn4nc([N+](=O)[O-])cc4C)c3)ccnc12. The summed E-state index contributed by atoms with van der Waals surface area (Å²) in [5.74, 6) is -1.02. The minimum atomic E-state index is -0.569. The lowest BCUT2D eigenvalue weighted by Crippen LogP contribution is -2.15. The Labute approximate surface area is 193 Å². The molecule has 4 aromatic rings. The van der Waals surface area contributed by atoms with Crippen LogP contribution >= 0.6 is 0 Å². The first kappa shape index (κ1) is 22.6. The van der Waals surface area contributed by atoms with Gasteiger partial charge in [-0.15, -0.1) is 0 Å². The Hall–Kier alpha value is -4.61. The molecule has 0 bridgehead atoms. The van der Waals surface area contributed by atoms with Crippen LogP contribution in [-0.4, -0.2) is 47.8 Å². The molecule has 0 unspecified atom stereocenters. The summed E-state index contributed by atoms with van der Waals surface area (Å²) in [4.78, 5) is 39.2. The molecular weight excluding hydrogens is 442 g/mol. The summed E-state index contributed by atoms with van der Waals surface area (Å²) in [6.07, 6.45) is 3.08. The number of carbonyl (C=O) groups is 2. The molecule has 0 saturated heterocycles. The van der Waals surface area contributed by atoms with Gasteiger partial charge >= 0.3 is 11.8 Å². The van der Waals surface area contributed by atoms with Crippen LogP contribution in [0.25, 0.3) is 16.9 Å². The van der Waals surface area contributed by atoms with Crippen molar-refractivity contribution in [2.75, 3.05) is 11.9 Å². The van der Waals surface area contributed by atoms with E-state index in [1.807, 2.05) is 6.07 Å². The molecule has 12 heteroatoms. The Bertz CT molecular complexity index is 1390. The molecule has 0 aliphatic rings. The molecule has 0 radical (unpaired) electrons. The topological polar surface area (TPSA) is 147 Å². The Morgan fingerprint density at radius 1 is 1.24 bits per heavy atom. The van der Waals surface area contributed by atoms with Gasteiger partial charge in [-0.3, -0.25) is 4.79 Å². The number of hydrogen-bond donors (Lipinski definition) is 1. The van der Waals surface area contributed by atoms with Gasteiger partial charge in [0.15, 0.2) is 5.65 Å². The van der Waals surface area contributed by atoms with E-state index < -0.39 is 10.9 Å². The zero-order valence-corrected chi connectivity index (χ0v) is 18.5. The molecule has 3 heterocycles. The molecule has 0 fully saturated rings. The van der Waals surface area contributed by atoms with E-state index in [0.717, 1.165) is 5.56 Å². The molecule has 174 valence electrons. The monoisotopic (exact) mass is 463 g/mol. The van der Waals surface area contributed by atoms with Crippen molar-refractivity contribution in [1.82, 2.24) is 24.4 Å². The number of aryl methyl sites for hydroxylation is 2. The number of nitrogens with one attached hydrogen (secondary N) is 1. The van der Waals surface area contributed by atoms with Crippen molar-refractivity contribution in [1.29, 1.82) is 0 Å². The number of nitro groups is 1. The van der Waals surface area contributed by atoms with Crippen LogP contribution in [0.3, 0.4) is 0 Å². The zero-order valence-electron chi connectivity index (χ0n) is 18.5. The number of amides is 1. The minimum Gasteiger partial charge on any atom is -0.462 e. The third-order valence-electron chi connectivity index (χ3n) is 5.04. The van der Waals surface area contributed by atoms with Crippen LogP contribution in [0.4, 0.5) is 11.5 Å². The fourth-order valence-electron chi connectivity index (χ4n) is 3.46. The summed E-state index contributed by atoms with van der Waals surface area (Å²) < 4.78 is 8.03. The summed E-state index contributed by atoms with van der Waals surface area (Å²) in [6, 6.07) is 10.3. The molecular formula is C22H21N7O5. The van der Waals surface area contributed by atoms with E-state index in [9.17, 15) is 19.7 Å². The lowest BCUT2D eigenvalue weighted by Gasteiger charge is -2.09. The van der Waals surface area contributed by atoms with E-state index in [2.05, 4.69) is 20.5 Å². The lowest BCUT2D eigenvalue weighted by molar-refractivity contribution is -0.389. The van der Waals surface area contributed by atoms with E-state index in [1.54, 1.807) is 48.8 Å². The van der Waals surface area contributed by atoms with E-state index >= 15 is 0 Å². The van der Waals surface area contributed by atoms with Crippen molar-refractivity contribution >= 4 is 29.0 Å². The van der Waals surface area contributed by atoms with Crippen LogP contribution in [0.1, 0.15) is 29.4 Å². The normalized spacial score (nSPS) is 10.9. The molecule has 0 saturated carbocycles. The number of carbonyl (C=O) groups excluding carboxylic acids is 2. The fraction of sp³-hybridized carbons (Fsp3) is 0.227. The predicted octanol–water partition coefficient (Wildman–Crippen LogP) is 3.01. The number of fused-ring (bicyclic) bond motifs is 1. The van der Waals surface area contributed by atoms with Gasteiger partial charge in [0, 0.05) is 23.9 Å². The summed E-state index contributed by atoms with van der Waals surface area (Å²) in [5, 5.41) is 21.9. The third kappa shape index (κ3) is 4.60. The Kier molecular flexibility index (Phi) is 6.30. The maximum Gasteiger partial charge on any atom is 0.390 e. The van der Waals surface area contributed by atoms with Crippen LogP contribution < -0.4 is 5.32 Å². The number of aromatic nitrogens is 5. The first-order valence-corrected chi connectivity index (χ1v) is 10.5. The highest BCUT2D eigenvalue weighted by Crippen LogP contribution is 2.24. The van der Waals surface area contributed by atoms with Gasteiger partial charge in [-0.05, 0) is 37.0 Å². The highest BCUT2D eigenvalue weighted by Gasteiger charge is 2.18. The van der Waals surface area contributed by atoms with Crippen LogP contribution in [0.2, 0.25) is 0 Å². The summed E-state index contributed by atoms with van der Waals surface area (Å²) >= 11 is 0. The number of anilines is 1. The molecule has 1 N–H and O–H groups in total. The Morgan fingerprint density at radius 3 is 2.79 bits per heavy atom. The molecule has 34 heavy (non-hydrogen) atoms. The van der Waals surface area contributed by atoms with Gasteiger partial charge in [-0.25, -0.2) is 14.3 Å². The van der Waals surface area contributed by atoms with E-state index in [1.165, 1.54) is 16.9 Å². The standard InChI is InChI=1S/C22H21N7O5/c1-3-34-22(31)17-13-24-28-18(7-9-23-21(17)28)15-5-4-6-16(12-15)25-20(30)8-10-27-14(2)11-19(26-27)29(32)33/h4-7,9,11-13H,3,8,10H2,1-2H3,(H,25,30). The van der Waals surface area contributed by atoms with Crippen molar-refractivity contribution in [2.24, 2.45) is 0 Å². The summed E-state index contributed by atoms with van der Waals surface area (Å²) in [6.45, 7) is 3.87. The first-order chi connectivity index (χ1) is 16.4. The number of ether oxygens (including phenoxy) is 1. The smallest absolute Gasteiger partial charge is 0.390 e. The molecule has 1 aromatic carbocycles. The molecule has 0 spiro atoms. The number of nitrogens with zero attached hydrogens (tertiary/aromatic N) is 6. The molecule has 1 amide bonds. The van der Waals surface area contributed by atoms with Crippen LogP contribution in [0.5, 0.6) is 0 Å². The molecule has 0 aliphatic heterocycles. The first-order valence-electron chi connectivity index (χ1n) is 10.5. The predicted molar refractivity (Wildman–Crippen MR) is 121 cm³/mol. The zero-order chi connectivity index (χ0) is 24.2. The maximum atomic E-state index is 12.5. The van der Waals surface area contributed by atoms with Gasteiger partial charge in [0.2, 0.25) is 5.91 Å².